The lowest BCUT2D eigenvalue weighted by molar-refractivity contribution is 0.197. The van der Waals surface area contributed by atoms with Crippen LogP contribution in [0.4, 0.5) is 4.79 Å². The third-order valence-electron chi connectivity index (χ3n) is 1.23. The molecule has 0 bridgehead atoms. The fourth-order valence-corrected chi connectivity index (χ4v) is 1.23. The van der Waals surface area contributed by atoms with Gasteiger partial charge >= 0.3 is 6.03 Å². The molecule has 3 nitrogen and oxygen atoms in total. The number of carbonyl (C=O) groups excluding carboxylic acids is 1. The molecule has 0 unspecified atom stereocenters. The standard InChI is InChI=1S/C6H13IN2O/c1-5(2)9(4-3-7)6(8)10/h5H,3-4H2,1-2H3,(H2,8,10). The van der Waals surface area contributed by atoms with Crippen molar-refractivity contribution in [3.05, 3.63) is 0 Å². The largest absolute Gasteiger partial charge is 0.351 e. The monoisotopic (exact) mass is 256 g/mol. The van der Waals surface area contributed by atoms with E-state index in [0.717, 1.165) is 11.0 Å². The maximum atomic E-state index is 10.7. The SMILES string of the molecule is CC(C)N(CCI)C(N)=O. The van der Waals surface area contributed by atoms with E-state index < -0.39 is 0 Å². The zero-order valence-corrected chi connectivity index (χ0v) is 8.46. The normalized spacial score (nSPS) is 10.0. The molecule has 4 heteroatoms. The number of rotatable bonds is 3. The van der Waals surface area contributed by atoms with Gasteiger partial charge in [0, 0.05) is 17.0 Å². The number of amides is 2. The van der Waals surface area contributed by atoms with Crippen LogP contribution in [0.2, 0.25) is 0 Å². The van der Waals surface area contributed by atoms with E-state index in [1.165, 1.54) is 0 Å². The average Bonchev–Trinajstić information content (AvgIpc) is 1.81. The number of urea groups is 1. The number of alkyl halides is 1. The molecule has 0 fully saturated rings. The highest BCUT2D eigenvalue weighted by atomic mass is 127. The molecule has 0 spiro atoms. The number of halogens is 1. The van der Waals surface area contributed by atoms with Crippen LogP contribution in [0.1, 0.15) is 13.8 Å². The second kappa shape index (κ2) is 4.76. The number of primary amides is 1. The smallest absolute Gasteiger partial charge is 0.315 e. The van der Waals surface area contributed by atoms with Crippen molar-refractivity contribution < 1.29 is 4.79 Å². The Morgan fingerprint density at radius 2 is 2.20 bits per heavy atom. The molecule has 0 saturated heterocycles. The molecule has 0 aromatic carbocycles. The van der Waals surface area contributed by atoms with Gasteiger partial charge in [0.05, 0.1) is 0 Å². The number of hydrogen-bond donors (Lipinski definition) is 1. The Kier molecular flexibility index (Phi) is 4.76. The Labute approximate surface area is 75.1 Å². The summed E-state index contributed by atoms with van der Waals surface area (Å²) in [5.74, 6) is 0. The molecule has 60 valence electrons. The summed E-state index contributed by atoms with van der Waals surface area (Å²) in [4.78, 5) is 12.3. The molecular weight excluding hydrogens is 243 g/mol. The van der Waals surface area contributed by atoms with E-state index in [1.807, 2.05) is 13.8 Å². The fourth-order valence-electron chi connectivity index (χ4n) is 0.714. The second-order valence-electron chi connectivity index (χ2n) is 2.31. The first-order valence-corrected chi connectivity index (χ1v) is 4.74. The van der Waals surface area contributed by atoms with Crippen molar-refractivity contribution in [3.63, 3.8) is 0 Å². The van der Waals surface area contributed by atoms with Crippen LogP contribution in [0, 0.1) is 0 Å². The number of nitrogens with zero attached hydrogens (tertiary/aromatic N) is 1. The van der Waals surface area contributed by atoms with E-state index in [9.17, 15) is 4.79 Å². The molecule has 0 aromatic rings. The van der Waals surface area contributed by atoms with Crippen molar-refractivity contribution in [1.82, 2.24) is 4.90 Å². The van der Waals surface area contributed by atoms with Gasteiger partial charge in [-0.15, -0.1) is 0 Å². The topological polar surface area (TPSA) is 46.3 Å². The van der Waals surface area contributed by atoms with Crippen LogP contribution in [-0.2, 0) is 0 Å². The van der Waals surface area contributed by atoms with Gasteiger partial charge in [-0.1, -0.05) is 22.6 Å². The highest BCUT2D eigenvalue weighted by Gasteiger charge is 2.11. The lowest BCUT2D eigenvalue weighted by atomic mass is 10.3. The predicted molar refractivity (Wildman–Crippen MR) is 50.3 cm³/mol. The highest BCUT2D eigenvalue weighted by Crippen LogP contribution is 1.98. The van der Waals surface area contributed by atoms with Crippen molar-refractivity contribution in [2.45, 2.75) is 19.9 Å². The van der Waals surface area contributed by atoms with E-state index in [1.54, 1.807) is 4.90 Å². The Morgan fingerprint density at radius 1 is 1.70 bits per heavy atom. The van der Waals surface area contributed by atoms with E-state index in [4.69, 9.17) is 5.73 Å². The molecule has 0 aliphatic heterocycles. The third kappa shape index (κ3) is 3.24. The summed E-state index contributed by atoms with van der Waals surface area (Å²) >= 11 is 2.22. The zero-order chi connectivity index (χ0) is 8.15. The Hall–Kier alpha value is 0. The van der Waals surface area contributed by atoms with Gasteiger partial charge in [-0.3, -0.25) is 0 Å². The van der Waals surface area contributed by atoms with Gasteiger partial charge in [-0.25, -0.2) is 4.79 Å². The van der Waals surface area contributed by atoms with Crippen molar-refractivity contribution in [2.24, 2.45) is 5.73 Å². The molecule has 2 N–H and O–H groups in total. The van der Waals surface area contributed by atoms with Crippen LogP contribution in [0.5, 0.6) is 0 Å². The quantitative estimate of drug-likeness (QED) is 0.598. The van der Waals surface area contributed by atoms with Crippen molar-refractivity contribution in [3.8, 4) is 0 Å². The Morgan fingerprint density at radius 3 is 2.30 bits per heavy atom. The van der Waals surface area contributed by atoms with Gasteiger partial charge in [-0.05, 0) is 13.8 Å². The van der Waals surface area contributed by atoms with Gasteiger partial charge in [-0.2, -0.15) is 0 Å². The summed E-state index contributed by atoms with van der Waals surface area (Å²) in [6.45, 7) is 4.65. The first-order chi connectivity index (χ1) is 4.59. The van der Waals surface area contributed by atoms with Crippen LogP contribution in [0.25, 0.3) is 0 Å². The first-order valence-electron chi connectivity index (χ1n) is 3.21. The number of hydrogen-bond acceptors (Lipinski definition) is 1. The molecule has 0 rings (SSSR count). The maximum Gasteiger partial charge on any atom is 0.315 e. The van der Waals surface area contributed by atoms with Crippen LogP contribution in [-0.4, -0.2) is 27.9 Å². The molecular formula is C6H13IN2O. The van der Waals surface area contributed by atoms with Gasteiger partial charge in [0.2, 0.25) is 0 Å². The molecule has 2 amide bonds. The molecule has 0 radical (unpaired) electrons. The molecule has 0 saturated carbocycles. The number of nitrogens with two attached hydrogens (primary N) is 1. The average molecular weight is 256 g/mol. The number of carbonyl (C=O) groups is 1. The second-order valence-corrected chi connectivity index (χ2v) is 3.39. The summed E-state index contributed by atoms with van der Waals surface area (Å²) in [6.07, 6.45) is 0. The van der Waals surface area contributed by atoms with Crippen LogP contribution < -0.4 is 5.73 Å². The molecule has 0 heterocycles. The third-order valence-corrected chi connectivity index (χ3v) is 1.71. The van der Waals surface area contributed by atoms with Crippen molar-refractivity contribution in [2.75, 3.05) is 11.0 Å². The lowest BCUT2D eigenvalue weighted by Crippen LogP contribution is -2.41. The summed E-state index contributed by atoms with van der Waals surface area (Å²) in [5.41, 5.74) is 5.11. The lowest BCUT2D eigenvalue weighted by Gasteiger charge is -2.23. The minimum absolute atomic E-state index is 0.215. The first kappa shape index (κ1) is 10.0. The van der Waals surface area contributed by atoms with E-state index >= 15 is 0 Å². The van der Waals surface area contributed by atoms with Crippen LogP contribution in [0.3, 0.4) is 0 Å². The van der Waals surface area contributed by atoms with E-state index in [2.05, 4.69) is 22.6 Å². The fraction of sp³-hybridized carbons (Fsp3) is 0.833. The molecule has 0 atom stereocenters. The molecule has 10 heavy (non-hydrogen) atoms. The van der Waals surface area contributed by atoms with Crippen LogP contribution in [0.15, 0.2) is 0 Å². The zero-order valence-electron chi connectivity index (χ0n) is 6.30. The van der Waals surface area contributed by atoms with Gasteiger partial charge in [0.25, 0.3) is 0 Å². The predicted octanol–water partition coefficient (Wildman–Crippen LogP) is 1.21. The molecule has 0 aromatic heterocycles. The molecule has 0 aliphatic rings. The summed E-state index contributed by atoms with van der Waals surface area (Å²) in [6, 6.07) is -0.112. The summed E-state index contributed by atoms with van der Waals surface area (Å²) in [7, 11) is 0. The highest BCUT2D eigenvalue weighted by molar-refractivity contribution is 14.1. The van der Waals surface area contributed by atoms with Gasteiger partial charge in [0.1, 0.15) is 0 Å². The maximum absolute atomic E-state index is 10.7. The Bertz CT molecular complexity index is 116. The van der Waals surface area contributed by atoms with Crippen molar-refractivity contribution in [1.29, 1.82) is 0 Å². The van der Waals surface area contributed by atoms with Gasteiger partial charge < -0.3 is 10.6 Å². The minimum atomic E-state index is -0.327. The van der Waals surface area contributed by atoms with Crippen LogP contribution >= 0.6 is 22.6 Å². The summed E-state index contributed by atoms with van der Waals surface area (Å²) in [5, 5.41) is 0. The Balaban J connectivity index is 3.85. The van der Waals surface area contributed by atoms with Crippen molar-refractivity contribution >= 4 is 28.6 Å². The van der Waals surface area contributed by atoms with E-state index in [0.29, 0.717) is 0 Å². The van der Waals surface area contributed by atoms with Gasteiger partial charge in [0.15, 0.2) is 0 Å². The molecule has 0 aliphatic carbocycles. The summed E-state index contributed by atoms with van der Waals surface area (Å²) < 4.78 is 0.929. The minimum Gasteiger partial charge on any atom is -0.351 e. The van der Waals surface area contributed by atoms with E-state index in [-0.39, 0.29) is 12.1 Å².